The molecule has 126 valence electrons. The number of pyridine rings is 1. The van der Waals surface area contributed by atoms with E-state index in [1.165, 1.54) is 25.3 Å². The third-order valence-electron chi connectivity index (χ3n) is 3.23. The van der Waals surface area contributed by atoms with Crippen LogP contribution in [0, 0.1) is 5.82 Å². The van der Waals surface area contributed by atoms with Gasteiger partial charge >= 0.3 is 5.97 Å². The smallest absolute Gasteiger partial charge is 0.306 e. The molecule has 0 aliphatic rings. The molecule has 1 heterocycles. The second-order valence-corrected chi connectivity index (χ2v) is 5.45. The van der Waals surface area contributed by atoms with E-state index in [9.17, 15) is 14.0 Å². The van der Waals surface area contributed by atoms with Crippen molar-refractivity contribution in [2.24, 2.45) is 0 Å². The molecule has 0 saturated carbocycles. The Balaban J connectivity index is 1.81. The number of halogens is 2. The highest BCUT2D eigenvalue weighted by molar-refractivity contribution is 6.32. The average molecular weight is 351 g/mol. The monoisotopic (exact) mass is 350 g/mol. The predicted molar refractivity (Wildman–Crippen MR) is 88.2 cm³/mol. The van der Waals surface area contributed by atoms with Gasteiger partial charge in [-0.05, 0) is 43.2 Å². The lowest BCUT2D eigenvalue weighted by Crippen LogP contribution is -2.30. The number of nitrogens with zero attached hydrogens (tertiary/aromatic N) is 1. The van der Waals surface area contributed by atoms with Crippen molar-refractivity contribution in [2.75, 3.05) is 5.32 Å². The van der Waals surface area contributed by atoms with E-state index in [-0.39, 0.29) is 17.4 Å². The summed E-state index contributed by atoms with van der Waals surface area (Å²) in [5, 5.41) is 2.70. The number of hydrogen-bond donors (Lipinski definition) is 1. The molecule has 1 aromatic carbocycles. The second-order valence-electron chi connectivity index (χ2n) is 5.09. The zero-order valence-electron chi connectivity index (χ0n) is 13.0. The summed E-state index contributed by atoms with van der Waals surface area (Å²) in [4.78, 5) is 27.6. The van der Waals surface area contributed by atoms with Crippen molar-refractivity contribution in [3.8, 4) is 0 Å². The van der Waals surface area contributed by atoms with E-state index >= 15 is 0 Å². The van der Waals surface area contributed by atoms with Crippen molar-refractivity contribution in [2.45, 2.75) is 25.9 Å². The summed E-state index contributed by atoms with van der Waals surface area (Å²) in [7, 11) is 0. The summed E-state index contributed by atoms with van der Waals surface area (Å²) >= 11 is 5.85. The minimum Gasteiger partial charge on any atom is -0.453 e. The second kappa shape index (κ2) is 8.40. The Morgan fingerprint density at radius 3 is 2.67 bits per heavy atom. The maximum Gasteiger partial charge on any atom is 0.306 e. The number of aryl methyl sites for hydroxylation is 1. The minimum atomic E-state index is -0.970. The maximum atomic E-state index is 12.8. The summed E-state index contributed by atoms with van der Waals surface area (Å²) in [5.74, 6) is -1.35. The molecule has 1 aromatic heterocycles. The number of esters is 1. The fourth-order valence-electron chi connectivity index (χ4n) is 1.92. The maximum absolute atomic E-state index is 12.8. The zero-order chi connectivity index (χ0) is 17.5. The largest absolute Gasteiger partial charge is 0.453 e. The standard InChI is InChI=1S/C17H16ClFN2O3/c1-11(17(23)21-14-3-2-10-20-16(14)18)24-15(22)9-6-12-4-7-13(19)8-5-12/h2-5,7-8,10-11H,6,9H2,1H3,(H,21,23)/t11-/m0/s1. The van der Waals surface area contributed by atoms with E-state index in [0.717, 1.165) is 5.56 Å². The molecule has 0 aliphatic heterocycles. The molecule has 24 heavy (non-hydrogen) atoms. The molecular formula is C17H16ClFN2O3. The van der Waals surface area contributed by atoms with Crippen LogP contribution in [0.2, 0.25) is 5.15 Å². The van der Waals surface area contributed by atoms with Gasteiger partial charge in [-0.25, -0.2) is 9.37 Å². The molecule has 2 aromatic rings. The molecule has 1 N–H and O–H groups in total. The summed E-state index contributed by atoms with van der Waals surface area (Å²) < 4.78 is 17.9. The van der Waals surface area contributed by atoms with Crippen LogP contribution in [0.1, 0.15) is 18.9 Å². The lowest BCUT2D eigenvalue weighted by atomic mass is 10.1. The first-order chi connectivity index (χ1) is 11.5. The third-order valence-corrected chi connectivity index (χ3v) is 3.53. The van der Waals surface area contributed by atoms with Crippen LogP contribution in [-0.4, -0.2) is 23.0 Å². The molecule has 0 fully saturated rings. The van der Waals surface area contributed by atoms with Crippen molar-refractivity contribution >= 4 is 29.2 Å². The molecule has 2 rings (SSSR count). The topological polar surface area (TPSA) is 68.3 Å². The van der Waals surface area contributed by atoms with Gasteiger partial charge in [-0.2, -0.15) is 0 Å². The van der Waals surface area contributed by atoms with E-state index in [2.05, 4.69) is 10.3 Å². The number of nitrogens with one attached hydrogen (secondary N) is 1. The Hall–Kier alpha value is -2.47. The van der Waals surface area contributed by atoms with E-state index in [1.54, 1.807) is 24.3 Å². The van der Waals surface area contributed by atoms with Gasteiger partial charge in [0.05, 0.1) is 5.69 Å². The number of rotatable bonds is 6. The van der Waals surface area contributed by atoms with Gasteiger partial charge in [-0.1, -0.05) is 23.7 Å². The first-order valence-corrected chi connectivity index (χ1v) is 7.69. The van der Waals surface area contributed by atoms with Gasteiger partial charge in [-0.3, -0.25) is 9.59 Å². The Bertz CT molecular complexity index is 722. The first-order valence-electron chi connectivity index (χ1n) is 7.31. The van der Waals surface area contributed by atoms with Gasteiger partial charge in [0.2, 0.25) is 0 Å². The number of carbonyl (C=O) groups excluding carboxylic acids is 2. The number of amides is 1. The summed E-state index contributed by atoms with van der Waals surface area (Å²) in [6.07, 6.45) is 1.03. The van der Waals surface area contributed by atoms with Gasteiger partial charge in [0.25, 0.3) is 5.91 Å². The molecule has 1 amide bonds. The van der Waals surface area contributed by atoms with Crippen LogP contribution in [-0.2, 0) is 20.7 Å². The molecule has 1 atom stereocenters. The highest BCUT2D eigenvalue weighted by Gasteiger charge is 2.18. The number of hydrogen-bond acceptors (Lipinski definition) is 4. The van der Waals surface area contributed by atoms with E-state index < -0.39 is 18.0 Å². The van der Waals surface area contributed by atoms with Crippen LogP contribution in [0.15, 0.2) is 42.6 Å². The molecule has 5 nitrogen and oxygen atoms in total. The van der Waals surface area contributed by atoms with Crippen molar-refractivity contribution in [1.29, 1.82) is 0 Å². The summed E-state index contributed by atoms with van der Waals surface area (Å²) in [6.45, 7) is 1.47. The highest BCUT2D eigenvalue weighted by Crippen LogP contribution is 2.18. The number of ether oxygens (including phenoxy) is 1. The van der Waals surface area contributed by atoms with Crippen molar-refractivity contribution in [3.63, 3.8) is 0 Å². The van der Waals surface area contributed by atoms with Gasteiger partial charge in [-0.15, -0.1) is 0 Å². The molecule has 0 spiro atoms. The van der Waals surface area contributed by atoms with Crippen molar-refractivity contribution in [1.82, 2.24) is 4.98 Å². The quantitative estimate of drug-likeness (QED) is 0.640. The predicted octanol–water partition coefficient (Wildman–Crippen LogP) is 3.38. The van der Waals surface area contributed by atoms with Gasteiger partial charge < -0.3 is 10.1 Å². The molecule has 0 aliphatic carbocycles. The van der Waals surface area contributed by atoms with E-state index in [1.807, 2.05) is 0 Å². The minimum absolute atomic E-state index is 0.0941. The summed E-state index contributed by atoms with van der Waals surface area (Å²) in [6, 6.07) is 9.08. The van der Waals surface area contributed by atoms with Gasteiger partial charge in [0, 0.05) is 12.6 Å². The van der Waals surface area contributed by atoms with Crippen LogP contribution in [0.5, 0.6) is 0 Å². The van der Waals surface area contributed by atoms with Gasteiger partial charge in [0.15, 0.2) is 11.3 Å². The zero-order valence-corrected chi connectivity index (χ0v) is 13.7. The van der Waals surface area contributed by atoms with Crippen LogP contribution >= 0.6 is 11.6 Å². The van der Waals surface area contributed by atoms with Crippen LogP contribution in [0.4, 0.5) is 10.1 Å². The molecular weight excluding hydrogens is 335 g/mol. The molecule has 0 bridgehead atoms. The van der Waals surface area contributed by atoms with Crippen LogP contribution in [0.3, 0.4) is 0 Å². The molecule has 0 unspecified atom stereocenters. The van der Waals surface area contributed by atoms with Gasteiger partial charge in [0.1, 0.15) is 5.82 Å². The lowest BCUT2D eigenvalue weighted by molar-refractivity contribution is -0.153. The molecule has 0 saturated heterocycles. The number of benzene rings is 1. The SMILES string of the molecule is C[C@H](OC(=O)CCc1ccc(F)cc1)C(=O)Nc1cccnc1Cl. The molecule has 0 radical (unpaired) electrons. The van der Waals surface area contributed by atoms with E-state index in [4.69, 9.17) is 16.3 Å². The number of carbonyl (C=O) groups is 2. The Morgan fingerprint density at radius 2 is 2.00 bits per heavy atom. The normalized spacial score (nSPS) is 11.6. The lowest BCUT2D eigenvalue weighted by Gasteiger charge is -2.14. The summed E-state index contributed by atoms with van der Waals surface area (Å²) in [5.41, 5.74) is 1.16. The van der Waals surface area contributed by atoms with Crippen LogP contribution in [0.25, 0.3) is 0 Å². The Morgan fingerprint density at radius 1 is 1.29 bits per heavy atom. The number of anilines is 1. The van der Waals surface area contributed by atoms with Crippen LogP contribution < -0.4 is 5.32 Å². The number of aromatic nitrogens is 1. The third kappa shape index (κ3) is 5.31. The fraction of sp³-hybridized carbons (Fsp3) is 0.235. The fourth-order valence-corrected chi connectivity index (χ4v) is 2.09. The van der Waals surface area contributed by atoms with Crippen molar-refractivity contribution < 1.29 is 18.7 Å². The first kappa shape index (κ1) is 17.9. The highest BCUT2D eigenvalue weighted by atomic mass is 35.5. The Kier molecular flexibility index (Phi) is 6.26. The van der Waals surface area contributed by atoms with Crippen molar-refractivity contribution in [3.05, 3.63) is 59.1 Å². The van der Waals surface area contributed by atoms with E-state index in [0.29, 0.717) is 12.1 Å². The Labute approximate surface area is 143 Å². The molecule has 7 heteroatoms. The average Bonchev–Trinajstić information content (AvgIpc) is 2.56.